The third-order valence-corrected chi connectivity index (χ3v) is 18.3. The molecule has 2 unspecified atom stereocenters. The van der Waals surface area contributed by atoms with E-state index in [0.29, 0.717) is 25.7 Å². The SMILES string of the molecule is CCCCC/C=C\C/C=C\CCCCCCCC(=O)OC[C@H](COP(=O)(O)OC[C@@H](O)COP(=O)(O)OC[C@@H](COC(=O)CCCCCCC/C=C\CCCCCC)OC(=O)CCCCCCC/C=C\CCCCCCCC)OC(=O)CCCCCCC/C=C\CCCCCC. The van der Waals surface area contributed by atoms with E-state index in [1.165, 1.54) is 109 Å². The monoisotopic (exact) mass is 1400 g/mol. The molecule has 3 N–H and O–H groups in total. The first-order valence-electron chi connectivity index (χ1n) is 38.5. The molecular formula is C77H140O17P2. The number of carbonyl (C=O) groups excluding carboxylic acids is 4. The van der Waals surface area contributed by atoms with Crippen molar-refractivity contribution in [1.29, 1.82) is 0 Å². The van der Waals surface area contributed by atoms with E-state index in [0.717, 1.165) is 161 Å². The van der Waals surface area contributed by atoms with E-state index in [1.807, 2.05) is 0 Å². The van der Waals surface area contributed by atoms with E-state index in [1.54, 1.807) is 0 Å². The molecule has 0 aliphatic heterocycles. The lowest BCUT2D eigenvalue weighted by molar-refractivity contribution is -0.161. The molecule has 0 aliphatic rings. The summed E-state index contributed by atoms with van der Waals surface area (Å²) in [6.07, 6.45) is 67.7. The summed E-state index contributed by atoms with van der Waals surface area (Å²) >= 11 is 0. The average Bonchev–Trinajstić information content (AvgIpc) is 1.17. The highest BCUT2D eigenvalue weighted by Gasteiger charge is 2.30. The van der Waals surface area contributed by atoms with Gasteiger partial charge in [0, 0.05) is 25.7 Å². The van der Waals surface area contributed by atoms with Crippen LogP contribution in [0.5, 0.6) is 0 Å². The van der Waals surface area contributed by atoms with Gasteiger partial charge >= 0.3 is 39.5 Å². The highest BCUT2D eigenvalue weighted by molar-refractivity contribution is 7.47. The van der Waals surface area contributed by atoms with Crippen molar-refractivity contribution in [3.05, 3.63) is 60.8 Å². The number of rotatable bonds is 73. The fourth-order valence-corrected chi connectivity index (χ4v) is 12.0. The second kappa shape index (κ2) is 70.2. The Morgan fingerprint density at radius 1 is 0.292 bits per heavy atom. The molecule has 0 aromatic rings. The number of aliphatic hydroxyl groups is 1. The van der Waals surface area contributed by atoms with Gasteiger partial charge in [0.15, 0.2) is 12.2 Å². The lowest BCUT2D eigenvalue weighted by atomic mass is 10.1. The molecule has 19 heteroatoms. The summed E-state index contributed by atoms with van der Waals surface area (Å²) in [5.74, 6) is -2.19. The van der Waals surface area contributed by atoms with Crippen LogP contribution in [0.1, 0.15) is 349 Å². The van der Waals surface area contributed by atoms with Crippen LogP contribution >= 0.6 is 15.6 Å². The van der Waals surface area contributed by atoms with Gasteiger partial charge in [0.25, 0.3) is 0 Å². The highest BCUT2D eigenvalue weighted by atomic mass is 31.2. The van der Waals surface area contributed by atoms with Gasteiger partial charge in [-0.15, -0.1) is 0 Å². The summed E-state index contributed by atoms with van der Waals surface area (Å²) in [6, 6.07) is 0. The summed E-state index contributed by atoms with van der Waals surface area (Å²) in [6.45, 7) is 4.81. The van der Waals surface area contributed by atoms with E-state index in [-0.39, 0.29) is 25.7 Å². The van der Waals surface area contributed by atoms with Crippen LogP contribution in [0.2, 0.25) is 0 Å². The van der Waals surface area contributed by atoms with Crippen LogP contribution in [0.4, 0.5) is 0 Å². The summed E-state index contributed by atoms with van der Waals surface area (Å²) in [5.41, 5.74) is 0. The van der Waals surface area contributed by atoms with Crippen molar-refractivity contribution in [2.24, 2.45) is 0 Å². The van der Waals surface area contributed by atoms with Gasteiger partial charge in [0.1, 0.15) is 19.3 Å². The molecule has 0 bridgehead atoms. The molecule has 0 spiro atoms. The zero-order valence-electron chi connectivity index (χ0n) is 61.1. The van der Waals surface area contributed by atoms with E-state index in [4.69, 9.17) is 37.0 Å². The van der Waals surface area contributed by atoms with Crippen molar-refractivity contribution in [2.75, 3.05) is 39.6 Å². The number of esters is 4. The van der Waals surface area contributed by atoms with Crippen molar-refractivity contribution >= 4 is 39.5 Å². The maximum Gasteiger partial charge on any atom is 0.472 e. The Labute approximate surface area is 584 Å². The highest BCUT2D eigenvalue weighted by Crippen LogP contribution is 2.45. The van der Waals surface area contributed by atoms with Gasteiger partial charge in [-0.1, -0.05) is 249 Å². The number of carbonyl (C=O) groups is 4. The van der Waals surface area contributed by atoms with Gasteiger partial charge in [-0.2, -0.15) is 0 Å². The summed E-state index contributed by atoms with van der Waals surface area (Å²) in [5, 5.41) is 10.6. The molecule has 0 aliphatic carbocycles. The topological polar surface area (TPSA) is 237 Å². The zero-order chi connectivity index (χ0) is 70.4. The fraction of sp³-hybridized carbons (Fsp3) is 0.818. The van der Waals surface area contributed by atoms with Gasteiger partial charge in [0.2, 0.25) is 0 Å². The van der Waals surface area contributed by atoms with Crippen LogP contribution in [-0.4, -0.2) is 96.7 Å². The summed E-state index contributed by atoms with van der Waals surface area (Å²) in [7, 11) is -9.94. The first kappa shape index (κ1) is 92.8. The molecule has 0 heterocycles. The van der Waals surface area contributed by atoms with Crippen LogP contribution in [0.15, 0.2) is 60.8 Å². The first-order chi connectivity index (χ1) is 46.7. The molecular weight excluding hydrogens is 1260 g/mol. The normalized spacial score (nSPS) is 14.3. The van der Waals surface area contributed by atoms with Crippen LogP contribution in [0.25, 0.3) is 0 Å². The number of hydrogen-bond acceptors (Lipinski definition) is 15. The van der Waals surface area contributed by atoms with Gasteiger partial charge < -0.3 is 33.8 Å². The third-order valence-electron chi connectivity index (χ3n) is 16.4. The smallest absolute Gasteiger partial charge is 0.462 e. The van der Waals surface area contributed by atoms with Gasteiger partial charge in [-0.3, -0.25) is 37.3 Å². The molecule has 0 saturated heterocycles. The van der Waals surface area contributed by atoms with Crippen molar-refractivity contribution in [3.8, 4) is 0 Å². The minimum absolute atomic E-state index is 0.0849. The fourth-order valence-electron chi connectivity index (χ4n) is 10.5. The lowest BCUT2D eigenvalue weighted by Crippen LogP contribution is -2.30. The Bertz CT molecular complexity index is 2060. The van der Waals surface area contributed by atoms with Crippen molar-refractivity contribution in [1.82, 2.24) is 0 Å². The maximum atomic E-state index is 13.1. The molecule has 0 aromatic carbocycles. The average molecular weight is 1400 g/mol. The van der Waals surface area contributed by atoms with Gasteiger partial charge in [-0.05, 0) is 135 Å². The zero-order valence-corrected chi connectivity index (χ0v) is 62.8. The van der Waals surface area contributed by atoms with Gasteiger partial charge in [-0.25, -0.2) is 9.13 Å². The second-order valence-electron chi connectivity index (χ2n) is 25.9. The number of unbranched alkanes of at least 4 members (excludes halogenated alkanes) is 37. The summed E-state index contributed by atoms with van der Waals surface area (Å²) < 4.78 is 68.4. The van der Waals surface area contributed by atoms with E-state index >= 15 is 0 Å². The Hall–Kier alpha value is -3.24. The van der Waals surface area contributed by atoms with Crippen LogP contribution in [0.3, 0.4) is 0 Å². The number of hydrogen-bond donors (Lipinski definition) is 3. The predicted molar refractivity (Wildman–Crippen MR) is 390 cm³/mol. The Morgan fingerprint density at radius 3 is 0.812 bits per heavy atom. The lowest BCUT2D eigenvalue weighted by Gasteiger charge is -2.21. The molecule has 17 nitrogen and oxygen atoms in total. The number of allylic oxidation sites excluding steroid dienone is 10. The van der Waals surface area contributed by atoms with Crippen LogP contribution in [-0.2, 0) is 65.4 Å². The van der Waals surface area contributed by atoms with Crippen molar-refractivity contribution in [2.45, 2.75) is 367 Å². The third kappa shape index (κ3) is 69.2. The molecule has 0 rings (SSSR count). The minimum atomic E-state index is -4.97. The van der Waals surface area contributed by atoms with Crippen molar-refractivity contribution in [3.63, 3.8) is 0 Å². The van der Waals surface area contributed by atoms with Crippen LogP contribution < -0.4 is 0 Å². The van der Waals surface area contributed by atoms with E-state index < -0.39 is 97.5 Å². The standard InChI is InChI=1S/C77H140O17P2/c1-5-9-13-17-21-25-29-33-35-39-42-46-50-54-58-62-75(80)88-68-72(93-76(81)63-59-55-51-47-43-38-32-28-24-20-16-12-8-4)69-91-95(83,84)89-65-71(78)66-90-96(85,86)92-70-73(67-87-74(79)61-57-53-49-45-41-37-31-27-23-19-15-11-7-3)94-77(82)64-60-56-52-48-44-40-36-34-30-26-22-18-14-10-6-2/h21,25,27-28,31-36,71-73,78H,5-20,22-24,26,29-30,37-70H2,1-4H3,(H,83,84)(H,85,86)/b25-21-,31-27-,32-28-,35-33-,36-34-/t71-,72-,73-/m1/s1. The molecule has 96 heavy (non-hydrogen) atoms. The number of aliphatic hydroxyl groups excluding tert-OH is 1. The van der Waals surface area contributed by atoms with Gasteiger partial charge in [0.05, 0.1) is 26.4 Å². The van der Waals surface area contributed by atoms with E-state index in [2.05, 4.69) is 88.5 Å². The Morgan fingerprint density at radius 2 is 0.510 bits per heavy atom. The largest absolute Gasteiger partial charge is 0.472 e. The van der Waals surface area contributed by atoms with Crippen molar-refractivity contribution < 1.29 is 80.2 Å². The second-order valence-corrected chi connectivity index (χ2v) is 28.8. The van der Waals surface area contributed by atoms with Crippen LogP contribution in [0, 0.1) is 0 Å². The van der Waals surface area contributed by atoms with E-state index in [9.17, 15) is 43.2 Å². The molecule has 5 atom stereocenters. The number of ether oxygens (including phenoxy) is 4. The maximum absolute atomic E-state index is 13.1. The summed E-state index contributed by atoms with van der Waals surface area (Å²) in [4.78, 5) is 72.8. The number of phosphoric ester groups is 2. The quantitative estimate of drug-likeness (QED) is 0.0169. The molecule has 0 radical (unpaired) electrons. The number of phosphoric acid groups is 2. The minimum Gasteiger partial charge on any atom is -0.462 e. The molecule has 0 aromatic heterocycles. The molecule has 0 fully saturated rings. The Kier molecular flexibility index (Phi) is 67.8. The first-order valence-corrected chi connectivity index (χ1v) is 41.5. The molecule has 0 saturated carbocycles. The molecule has 560 valence electrons. The predicted octanol–water partition coefficient (Wildman–Crippen LogP) is 21.9. The Balaban J connectivity index is 5.34. The molecule has 0 amide bonds.